The molecule has 3 rings (SSSR count). The zero-order chi connectivity index (χ0) is 19.9. The Kier molecular flexibility index (Phi) is 6.55. The number of fused-ring (bicyclic) bond motifs is 1. The number of hydrogen-bond donors (Lipinski definition) is 0. The van der Waals surface area contributed by atoms with Gasteiger partial charge in [0.2, 0.25) is 0 Å². The van der Waals surface area contributed by atoms with Crippen LogP contribution in [-0.2, 0) is 15.9 Å². The molecule has 0 atom stereocenters. The van der Waals surface area contributed by atoms with Crippen LogP contribution >= 0.6 is 0 Å². The summed E-state index contributed by atoms with van der Waals surface area (Å²) in [5.41, 5.74) is 4.47. The number of rotatable bonds is 8. The molecule has 0 fully saturated rings. The molecule has 2 heterocycles. The van der Waals surface area contributed by atoms with E-state index in [0.717, 1.165) is 40.9 Å². The highest BCUT2D eigenvalue weighted by atomic mass is 16.5. The van der Waals surface area contributed by atoms with E-state index in [0.29, 0.717) is 18.6 Å². The minimum Gasteiger partial charge on any atom is -0.465 e. The molecule has 6 heteroatoms. The van der Waals surface area contributed by atoms with Gasteiger partial charge in [0, 0.05) is 43.9 Å². The number of methoxy groups -OCH3 is 2. The van der Waals surface area contributed by atoms with Crippen molar-refractivity contribution in [3.63, 3.8) is 0 Å². The summed E-state index contributed by atoms with van der Waals surface area (Å²) in [6.07, 6.45) is 4.17. The molecule has 0 N–H and O–H groups in total. The molecule has 28 heavy (non-hydrogen) atoms. The van der Waals surface area contributed by atoms with Crippen molar-refractivity contribution < 1.29 is 14.3 Å². The van der Waals surface area contributed by atoms with Crippen LogP contribution in [0.3, 0.4) is 0 Å². The third-order valence-electron chi connectivity index (χ3n) is 4.67. The summed E-state index contributed by atoms with van der Waals surface area (Å²) in [7, 11) is 3.09. The summed E-state index contributed by atoms with van der Waals surface area (Å²) in [5, 5.41) is 1.08. The Bertz CT molecular complexity index is 959. The first-order valence-electron chi connectivity index (χ1n) is 9.30. The van der Waals surface area contributed by atoms with Crippen molar-refractivity contribution in [1.29, 1.82) is 0 Å². The van der Waals surface area contributed by atoms with Crippen molar-refractivity contribution in [2.75, 3.05) is 38.8 Å². The number of carbonyl (C=O) groups is 1. The minimum atomic E-state index is -0.355. The van der Waals surface area contributed by atoms with Gasteiger partial charge >= 0.3 is 5.97 Å². The van der Waals surface area contributed by atoms with Gasteiger partial charge in [-0.15, -0.1) is 0 Å². The number of aromatic nitrogens is 2. The van der Waals surface area contributed by atoms with E-state index in [2.05, 4.69) is 33.9 Å². The molecule has 0 aliphatic rings. The lowest BCUT2D eigenvalue weighted by atomic mass is 10.0. The Labute approximate surface area is 165 Å². The molecule has 0 unspecified atom stereocenters. The molecule has 3 aromatic rings. The van der Waals surface area contributed by atoms with Crippen LogP contribution in [0.25, 0.3) is 10.9 Å². The van der Waals surface area contributed by atoms with Crippen LogP contribution in [0.15, 0.2) is 48.8 Å². The monoisotopic (exact) mass is 379 g/mol. The molecule has 0 bridgehead atoms. The van der Waals surface area contributed by atoms with Crippen molar-refractivity contribution in [2.45, 2.75) is 13.3 Å². The van der Waals surface area contributed by atoms with E-state index in [-0.39, 0.29) is 5.97 Å². The largest absolute Gasteiger partial charge is 0.465 e. The van der Waals surface area contributed by atoms with E-state index in [1.807, 2.05) is 18.3 Å². The normalized spacial score (nSPS) is 10.8. The van der Waals surface area contributed by atoms with E-state index < -0.39 is 0 Å². The maximum Gasteiger partial charge on any atom is 0.337 e. The molecule has 1 aromatic carbocycles. The highest BCUT2D eigenvalue weighted by Gasteiger charge is 2.09. The first-order valence-corrected chi connectivity index (χ1v) is 9.30. The fourth-order valence-corrected chi connectivity index (χ4v) is 3.15. The molecule has 0 aliphatic heterocycles. The predicted octanol–water partition coefficient (Wildman–Crippen LogP) is 3.48. The molecule has 0 spiro atoms. The number of hydrogen-bond acceptors (Lipinski definition) is 6. The van der Waals surface area contributed by atoms with Crippen LogP contribution in [0.1, 0.15) is 28.5 Å². The lowest BCUT2D eigenvalue weighted by molar-refractivity contribution is 0.0600. The van der Waals surface area contributed by atoms with E-state index >= 15 is 0 Å². The summed E-state index contributed by atoms with van der Waals surface area (Å²) in [6, 6.07) is 11.8. The summed E-state index contributed by atoms with van der Waals surface area (Å²) < 4.78 is 9.99. The van der Waals surface area contributed by atoms with Gasteiger partial charge in [-0.3, -0.25) is 9.97 Å². The number of anilines is 1. The highest BCUT2D eigenvalue weighted by Crippen LogP contribution is 2.22. The average Bonchev–Trinajstić information content (AvgIpc) is 2.73. The first-order chi connectivity index (χ1) is 13.6. The number of benzene rings is 1. The van der Waals surface area contributed by atoms with Crippen molar-refractivity contribution in [1.82, 2.24) is 9.97 Å². The fourth-order valence-electron chi connectivity index (χ4n) is 3.15. The summed E-state index contributed by atoms with van der Waals surface area (Å²) in [5.74, 6) is -0.355. The molecule has 0 saturated carbocycles. The second-order valence-electron chi connectivity index (χ2n) is 6.50. The Morgan fingerprint density at radius 1 is 1.11 bits per heavy atom. The average molecular weight is 379 g/mol. The lowest BCUT2D eigenvalue weighted by Crippen LogP contribution is -2.26. The van der Waals surface area contributed by atoms with Gasteiger partial charge in [-0.05, 0) is 42.8 Å². The molecular weight excluding hydrogens is 354 g/mol. The summed E-state index contributed by atoms with van der Waals surface area (Å²) in [4.78, 5) is 22.9. The number of ether oxygens (including phenoxy) is 2. The van der Waals surface area contributed by atoms with E-state index in [1.54, 1.807) is 25.4 Å². The molecule has 0 amide bonds. The van der Waals surface area contributed by atoms with Crippen molar-refractivity contribution in [2.24, 2.45) is 0 Å². The van der Waals surface area contributed by atoms with Gasteiger partial charge in [0.15, 0.2) is 0 Å². The third kappa shape index (κ3) is 4.64. The van der Waals surface area contributed by atoms with E-state index in [1.165, 1.54) is 7.11 Å². The lowest BCUT2D eigenvalue weighted by Gasteiger charge is -2.22. The van der Waals surface area contributed by atoms with Crippen LogP contribution in [0.4, 0.5) is 5.69 Å². The van der Waals surface area contributed by atoms with Crippen LogP contribution in [-0.4, -0.2) is 49.9 Å². The van der Waals surface area contributed by atoms with Crippen molar-refractivity contribution in [3.8, 4) is 0 Å². The van der Waals surface area contributed by atoms with Crippen LogP contribution < -0.4 is 4.90 Å². The second-order valence-corrected chi connectivity index (χ2v) is 6.50. The Morgan fingerprint density at radius 2 is 1.96 bits per heavy atom. The maximum absolute atomic E-state index is 11.7. The van der Waals surface area contributed by atoms with Gasteiger partial charge in [-0.1, -0.05) is 6.07 Å². The quantitative estimate of drug-likeness (QED) is 0.559. The standard InChI is InChI=1S/C22H25N3O3/c1-4-25(9-10-27-2)20-14-18-11-16(5-6-21(18)24-15-20)12-19-13-17(7-8-23-19)22(26)28-3/h5-8,11,13-15H,4,9-10,12H2,1-3H3. The Balaban J connectivity index is 1.86. The van der Waals surface area contributed by atoms with Crippen molar-refractivity contribution >= 4 is 22.6 Å². The Hall–Kier alpha value is -2.99. The zero-order valence-corrected chi connectivity index (χ0v) is 16.5. The van der Waals surface area contributed by atoms with Gasteiger partial charge < -0.3 is 14.4 Å². The number of esters is 1. The van der Waals surface area contributed by atoms with Crippen LogP contribution in [0, 0.1) is 0 Å². The predicted molar refractivity (Wildman–Crippen MR) is 110 cm³/mol. The smallest absolute Gasteiger partial charge is 0.337 e. The molecule has 146 valence electrons. The number of pyridine rings is 2. The van der Waals surface area contributed by atoms with Gasteiger partial charge in [0.25, 0.3) is 0 Å². The van der Waals surface area contributed by atoms with Crippen LogP contribution in [0.2, 0.25) is 0 Å². The number of nitrogens with zero attached hydrogens (tertiary/aromatic N) is 3. The highest BCUT2D eigenvalue weighted by molar-refractivity contribution is 5.89. The first kappa shape index (κ1) is 19.8. The molecule has 0 saturated heterocycles. The molecule has 6 nitrogen and oxygen atoms in total. The minimum absolute atomic E-state index is 0.355. The van der Waals surface area contributed by atoms with Crippen LogP contribution in [0.5, 0.6) is 0 Å². The third-order valence-corrected chi connectivity index (χ3v) is 4.67. The van der Waals surface area contributed by atoms with Gasteiger partial charge in [0.05, 0.1) is 36.7 Å². The molecular formula is C22H25N3O3. The summed E-state index contributed by atoms with van der Waals surface area (Å²) in [6.45, 7) is 4.51. The summed E-state index contributed by atoms with van der Waals surface area (Å²) >= 11 is 0. The second kappa shape index (κ2) is 9.28. The molecule has 2 aromatic heterocycles. The zero-order valence-electron chi connectivity index (χ0n) is 16.5. The van der Waals surface area contributed by atoms with Gasteiger partial charge in [0.1, 0.15) is 0 Å². The molecule has 0 radical (unpaired) electrons. The fraction of sp³-hybridized carbons (Fsp3) is 0.318. The van der Waals surface area contributed by atoms with Gasteiger partial charge in [-0.25, -0.2) is 4.79 Å². The SMILES string of the molecule is CCN(CCOC)c1cnc2ccc(Cc3cc(C(=O)OC)ccn3)cc2c1. The van der Waals surface area contributed by atoms with E-state index in [9.17, 15) is 4.79 Å². The van der Waals surface area contributed by atoms with Gasteiger partial charge in [-0.2, -0.15) is 0 Å². The van der Waals surface area contributed by atoms with Crippen molar-refractivity contribution in [3.05, 3.63) is 65.6 Å². The number of carbonyl (C=O) groups excluding carboxylic acids is 1. The van der Waals surface area contributed by atoms with E-state index in [4.69, 9.17) is 9.47 Å². The Morgan fingerprint density at radius 3 is 2.71 bits per heavy atom. The topological polar surface area (TPSA) is 64.5 Å². The molecule has 0 aliphatic carbocycles. The number of likely N-dealkylation sites (N-methyl/N-ethyl adjacent to an activating group) is 1. The maximum atomic E-state index is 11.7.